The Morgan fingerprint density at radius 3 is 2.43 bits per heavy atom. The summed E-state index contributed by atoms with van der Waals surface area (Å²) in [6, 6.07) is 10.8. The van der Waals surface area contributed by atoms with Gasteiger partial charge in [-0.05, 0) is 48.2 Å². The van der Waals surface area contributed by atoms with Crippen molar-refractivity contribution in [1.29, 1.82) is 0 Å². The summed E-state index contributed by atoms with van der Waals surface area (Å²) in [6.07, 6.45) is 0.843. The smallest absolute Gasteiger partial charge is 0.255 e. The van der Waals surface area contributed by atoms with Gasteiger partial charge >= 0.3 is 0 Å². The van der Waals surface area contributed by atoms with Crippen LogP contribution in [0.4, 0.5) is 0 Å². The Bertz CT molecular complexity index is 1020. The third-order valence-electron chi connectivity index (χ3n) is 5.97. The number of carbonyl (C=O) groups excluding carboxylic acids is 2. The van der Waals surface area contributed by atoms with E-state index in [4.69, 9.17) is 32.7 Å². The molecule has 1 saturated heterocycles. The van der Waals surface area contributed by atoms with E-state index in [1.807, 2.05) is 23.1 Å². The van der Waals surface area contributed by atoms with Crippen LogP contribution in [-0.4, -0.2) is 54.6 Å². The summed E-state index contributed by atoms with van der Waals surface area (Å²) >= 11 is 12.2. The molecule has 2 heterocycles. The zero-order valence-corrected chi connectivity index (χ0v) is 17.7. The Balaban J connectivity index is 1.19. The van der Waals surface area contributed by atoms with E-state index < -0.39 is 0 Å². The second kappa shape index (κ2) is 7.67. The number of hydrogen-bond acceptors (Lipinski definition) is 4. The molecular formula is C22H20Cl2N2O4. The van der Waals surface area contributed by atoms with Gasteiger partial charge in [-0.2, -0.15) is 0 Å². The number of amides is 2. The number of ether oxygens (including phenoxy) is 2. The molecule has 0 radical (unpaired) electrons. The Hall–Kier alpha value is -2.44. The van der Waals surface area contributed by atoms with Gasteiger partial charge in [0.2, 0.25) is 12.7 Å². The van der Waals surface area contributed by atoms with Crippen molar-refractivity contribution in [3.63, 3.8) is 0 Å². The number of benzene rings is 2. The van der Waals surface area contributed by atoms with Gasteiger partial charge in [-0.1, -0.05) is 29.3 Å². The molecule has 2 unspecified atom stereocenters. The average molecular weight is 447 g/mol. The molecule has 2 amide bonds. The zero-order valence-electron chi connectivity index (χ0n) is 16.1. The SMILES string of the molecule is O=C(c1cc(Cl)ccc1Cl)N1CCN(C(=O)C2CC2c2ccc3c(c2)OCO3)CC1. The lowest BCUT2D eigenvalue weighted by Gasteiger charge is -2.35. The van der Waals surface area contributed by atoms with Crippen LogP contribution in [0, 0.1) is 5.92 Å². The molecule has 156 valence electrons. The fraction of sp³-hybridized carbons (Fsp3) is 0.364. The summed E-state index contributed by atoms with van der Waals surface area (Å²) in [6.45, 7) is 2.25. The highest BCUT2D eigenvalue weighted by atomic mass is 35.5. The molecule has 2 aliphatic heterocycles. The lowest BCUT2D eigenvalue weighted by atomic mass is 10.1. The molecule has 2 atom stereocenters. The van der Waals surface area contributed by atoms with Crippen molar-refractivity contribution < 1.29 is 19.1 Å². The minimum Gasteiger partial charge on any atom is -0.454 e. The van der Waals surface area contributed by atoms with Crippen LogP contribution in [0.1, 0.15) is 28.3 Å². The Labute approximate surface area is 184 Å². The van der Waals surface area contributed by atoms with Crippen LogP contribution >= 0.6 is 23.2 Å². The number of halogens is 2. The van der Waals surface area contributed by atoms with Crippen LogP contribution in [0.25, 0.3) is 0 Å². The van der Waals surface area contributed by atoms with Crippen LogP contribution in [-0.2, 0) is 4.79 Å². The van der Waals surface area contributed by atoms with E-state index in [9.17, 15) is 9.59 Å². The summed E-state index contributed by atoms with van der Waals surface area (Å²) in [5, 5.41) is 0.854. The monoisotopic (exact) mass is 446 g/mol. The molecule has 6 nitrogen and oxygen atoms in total. The number of hydrogen-bond donors (Lipinski definition) is 0. The van der Waals surface area contributed by atoms with Crippen molar-refractivity contribution in [2.24, 2.45) is 5.92 Å². The van der Waals surface area contributed by atoms with Gasteiger partial charge in [-0.25, -0.2) is 0 Å². The largest absolute Gasteiger partial charge is 0.454 e. The first-order valence-electron chi connectivity index (χ1n) is 9.94. The molecule has 0 aromatic heterocycles. The highest BCUT2D eigenvalue weighted by Gasteiger charge is 2.46. The number of carbonyl (C=O) groups is 2. The van der Waals surface area contributed by atoms with Gasteiger partial charge in [0, 0.05) is 37.1 Å². The maximum Gasteiger partial charge on any atom is 0.255 e. The molecular weight excluding hydrogens is 427 g/mol. The lowest BCUT2D eigenvalue weighted by Crippen LogP contribution is -2.51. The van der Waals surface area contributed by atoms with Crippen molar-refractivity contribution >= 4 is 35.0 Å². The molecule has 1 saturated carbocycles. The number of fused-ring (bicyclic) bond motifs is 1. The second-order valence-corrected chi connectivity index (χ2v) is 8.65. The van der Waals surface area contributed by atoms with Crippen LogP contribution < -0.4 is 9.47 Å². The number of rotatable bonds is 3. The molecule has 2 fully saturated rings. The first-order valence-corrected chi connectivity index (χ1v) is 10.7. The predicted molar refractivity (Wildman–Crippen MR) is 112 cm³/mol. The van der Waals surface area contributed by atoms with Gasteiger partial charge in [0.1, 0.15) is 0 Å². The van der Waals surface area contributed by atoms with Gasteiger partial charge in [0.05, 0.1) is 10.6 Å². The van der Waals surface area contributed by atoms with E-state index in [0.717, 1.165) is 23.5 Å². The molecule has 2 aromatic rings. The summed E-state index contributed by atoms with van der Waals surface area (Å²) in [5.41, 5.74) is 1.51. The molecule has 3 aliphatic rings. The van der Waals surface area contributed by atoms with Gasteiger partial charge in [0.15, 0.2) is 11.5 Å². The van der Waals surface area contributed by atoms with Gasteiger partial charge in [0.25, 0.3) is 5.91 Å². The third kappa shape index (κ3) is 3.59. The highest BCUT2D eigenvalue weighted by molar-refractivity contribution is 6.35. The summed E-state index contributed by atoms with van der Waals surface area (Å²) < 4.78 is 10.8. The van der Waals surface area contributed by atoms with E-state index in [-0.39, 0.29) is 30.4 Å². The first-order chi connectivity index (χ1) is 14.5. The molecule has 8 heteroatoms. The van der Waals surface area contributed by atoms with E-state index in [1.165, 1.54) is 0 Å². The quantitative estimate of drug-likeness (QED) is 0.718. The Morgan fingerprint density at radius 2 is 1.63 bits per heavy atom. The Kier molecular flexibility index (Phi) is 4.99. The molecule has 0 N–H and O–H groups in total. The van der Waals surface area contributed by atoms with Crippen molar-refractivity contribution in [1.82, 2.24) is 9.80 Å². The van der Waals surface area contributed by atoms with E-state index >= 15 is 0 Å². The lowest BCUT2D eigenvalue weighted by molar-refractivity contribution is -0.134. The minimum atomic E-state index is -0.153. The zero-order chi connectivity index (χ0) is 20.8. The summed E-state index contributed by atoms with van der Waals surface area (Å²) in [5.74, 6) is 1.72. The van der Waals surface area contributed by atoms with Crippen LogP contribution in [0.2, 0.25) is 10.0 Å². The molecule has 2 aromatic carbocycles. The molecule has 0 bridgehead atoms. The number of nitrogens with zero attached hydrogens (tertiary/aromatic N) is 2. The Morgan fingerprint density at radius 1 is 0.900 bits per heavy atom. The normalized spacial score (nSPS) is 22.2. The molecule has 5 rings (SSSR count). The van der Waals surface area contributed by atoms with Crippen molar-refractivity contribution in [3.8, 4) is 11.5 Å². The van der Waals surface area contributed by atoms with Crippen molar-refractivity contribution in [3.05, 3.63) is 57.6 Å². The fourth-order valence-corrected chi connectivity index (χ4v) is 4.55. The highest BCUT2D eigenvalue weighted by Crippen LogP contribution is 2.50. The summed E-state index contributed by atoms with van der Waals surface area (Å²) in [7, 11) is 0. The van der Waals surface area contributed by atoms with Crippen LogP contribution in [0.3, 0.4) is 0 Å². The molecule has 0 spiro atoms. The standard InChI is InChI=1S/C22H20Cl2N2O4/c23-14-2-3-18(24)17(10-14)22(28)26-7-5-25(6-8-26)21(27)16-11-15(16)13-1-4-19-20(9-13)30-12-29-19/h1-4,9-10,15-16H,5-8,11-12H2. The maximum atomic E-state index is 13.0. The molecule has 1 aliphatic carbocycles. The van der Waals surface area contributed by atoms with Crippen molar-refractivity contribution in [2.75, 3.05) is 33.0 Å². The van der Waals surface area contributed by atoms with Gasteiger partial charge < -0.3 is 19.3 Å². The minimum absolute atomic E-state index is 0.00463. The van der Waals surface area contributed by atoms with Crippen LogP contribution in [0.5, 0.6) is 11.5 Å². The topological polar surface area (TPSA) is 59.1 Å². The predicted octanol–water partition coefficient (Wildman–Crippen LogP) is 3.81. The molecule has 30 heavy (non-hydrogen) atoms. The van der Waals surface area contributed by atoms with E-state index in [1.54, 1.807) is 23.1 Å². The second-order valence-electron chi connectivity index (χ2n) is 7.80. The third-order valence-corrected chi connectivity index (χ3v) is 6.53. The maximum absolute atomic E-state index is 13.0. The van der Waals surface area contributed by atoms with E-state index in [0.29, 0.717) is 41.8 Å². The average Bonchev–Trinajstić information content (AvgIpc) is 3.43. The van der Waals surface area contributed by atoms with Crippen LogP contribution in [0.15, 0.2) is 36.4 Å². The fourth-order valence-electron chi connectivity index (χ4n) is 4.18. The first kappa shape index (κ1) is 19.5. The number of piperazine rings is 1. The van der Waals surface area contributed by atoms with Crippen molar-refractivity contribution in [2.45, 2.75) is 12.3 Å². The van der Waals surface area contributed by atoms with Gasteiger partial charge in [-0.15, -0.1) is 0 Å². The van der Waals surface area contributed by atoms with Gasteiger partial charge in [-0.3, -0.25) is 9.59 Å². The summed E-state index contributed by atoms with van der Waals surface area (Å²) in [4.78, 5) is 29.3. The van der Waals surface area contributed by atoms with E-state index in [2.05, 4.69) is 0 Å².